The Kier molecular flexibility index (Phi) is 3.81. The fourth-order valence-corrected chi connectivity index (χ4v) is 2.31. The molecule has 0 saturated carbocycles. The van der Waals surface area contributed by atoms with Gasteiger partial charge < -0.3 is 5.32 Å². The highest BCUT2D eigenvalue weighted by molar-refractivity contribution is 7.09. The van der Waals surface area contributed by atoms with Gasteiger partial charge in [0.25, 0.3) is 5.91 Å². The first-order valence-corrected chi connectivity index (χ1v) is 6.42. The molecule has 0 fully saturated rings. The van der Waals surface area contributed by atoms with Crippen LogP contribution in [0.15, 0.2) is 23.7 Å². The monoisotopic (exact) mass is 269 g/mol. The molecule has 1 N–H and O–H groups in total. The summed E-state index contributed by atoms with van der Waals surface area (Å²) < 4.78 is 1.47. The molecule has 0 spiro atoms. The van der Waals surface area contributed by atoms with Crippen molar-refractivity contribution in [3.05, 3.63) is 39.3 Å². The molecular weight excluding hydrogens is 258 g/mol. The molecule has 2 rings (SSSR count). The van der Waals surface area contributed by atoms with Gasteiger partial charge in [-0.2, -0.15) is 5.10 Å². The third-order valence-corrected chi connectivity index (χ3v) is 3.73. The molecule has 0 radical (unpaired) electrons. The SMILES string of the molecule is Cn1ncc(C(=O)NCCc2cccs2)c1Cl. The fraction of sp³-hybridized carbons (Fsp3) is 0.273. The highest BCUT2D eigenvalue weighted by atomic mass is 35.5. The van der Waals surface area contributed by atoms with Gasteiger partial charge in [-0.25, -0.2) is 0 Å². The number of halogens is 1. The summed E-state index contributed by atoms with van der Waals surface area (Å²) in [5, 5.41) is 9.13. The summed E-state index contributed by atoms with van der Waals surface area (Å²) in [6.45, 7) is 0.602. The number of aromatic nitrogens is 2. The molecule has 2 aromatic heterocycles. The number of hydrogen-bond acceptors (Lipinski definition) is 3. The van der Waals surface area contributed by atoms with Gasteiger partial charge in [-0.15, -0.1) is 11.3 Å². The van der Waals surface area contributed by atoms with Crippen LogP contribution in [0.25, 0.3) is 0 Å². The van der Waals surface area contributed by atoms with Crippen molar-refractivity contribution in [2.24, 2.45) is 7.05 Å². The molecule has 1 amide bonds. The van der Waals surface area contributed by atoms with Crippen LogP contribution in [-0.2, 0) is 13.5 Å². The molecule has 0 aromatic carbocycles. The lowest BCUT2D eigenvalue weighted by Crippen LogP contribution is -2.25. The van der Waals surface area contributed by atoms with E-state index in [2.05, 4.69) is 10.4 Å². The van der Waals surface area contributed by atoms with Crippen molar-refractivity contribution in [3.63, 3.8) is 0 Å². The first-order chi connectivity index (χ1) is 8.18. The third-order valence-electron chi connectivity index (χ3n) is 2.35. The Hall–Kier alpha value is -1.33. The maximum Gasteiger partial charge on any atom is 0.256 e. The van der Waals surface area contributed by atoms with E-state index in [-0.39, 0.29) is 5.91 Å². The summed E-state index contributed by atoms with van der Waals surface area (Å²) in [6, 6.07) is 4.05. The van der Waals surface area contributed by atoms with Crippen molar-refractivity contribution in [1.82, 2.24) is 15.1 Å². The zero-order valence-corrected chi connectivity index (χ0v) is 10.9. The van der Waals surface area contributed by atoms with E-state index < -0.39 is 0 Å². The van der Waals surface area contributed by atoms with Crippen LogP contribution in [0.3, 0.4) is 0 Å². The molecule has 2 heterocycles. The van der Waals surface area contributed by atoms with Crippen molar-refractivity contribution in [3.8, 4) is 0 Å². The number of carbonyl (C=O) groups excluding carboxylic acids is 1. The highest BCUT2D eigenvalue weighted by Gasteiger charge is 2.13. The smallest absolute Gasteiger partial charge is 0.256 e. The number of amides is 1. The van der Waals surface area contributed by atoms with Gasteiger partial charge in [0.2, 0.25) is 0 Å². The second kappa shape index (κ2) is 5.33. The van der Waals surface area contributed by atoms with Gasteiger partial charge >= 0.3 is 0 Å². The van der Waals surface area contributed by atoms with Crippen molar-refractivity contribution in [2.45, 2.75) is 6.42 Å². The lowest BCUT2D eigenvalue weighted by atomic mass is 10.3. The van der Waals surface area contributed by atoms with Gasteiger partial charge in [0, 0.05) is 18.5 Å². The van der Waals surface area contributed by atoms with Gasteiger partial charge in [0.1, 0.15) is 5.15 Å². The summed E-state index contributed by atoms with van der Waals surface area (Å²) in [5.74, 6) is -0.181. The maximum atomic E-state index is 11.8. The standard InChI is InChI=1S/C11H12ClN3OS/c1-15-10(12)9(7-14-15)11(16)13-5-4-8-3-2-6-17-8/h2-3,6-7H,4-5H2,1H3,(H,13,16). The minimum Gasteiger partial charge on any atom is -0.352 e. The molecule has 0 unspecified atom stereocenters. The second-order valence-corrected chi connectivity index (χ2v) is 4.95. The number of aryl methyl sites for hydroxylation is 1. The number of carbonyl (C=O) groups is 1. The Morgan fingerprint density at radius 2 is 2.47 bits per heavy atom. The molecule has 0 saturated heterocycles. The molecule has 0 aliphatic heterocycles. The largest absolute Gasteiger partial charge is 0.352 e. The number of nitrogens with zero attached hydrogens (tertiary/aromatic N) is 2. The number of rotatable bonds is 4. The summed E-state index contributed by atoms with van der Waals surface area (Å²) >= 11 is 7.61. The third kappa shape index (κ3) is 2.87. The minimum absolute atomic E-state index is 0.181. The first kappa shape index (κ1) is 12.1. The van der Waals surface area contributed by atoms with E-state index in [1.807, 2.05) is 17.5 Å². The van der Waals surface area contributed by atoms with Crippen molar-refractivity contribution in [1.29, 1.82) is 0 Å². The predicted molar refractivity (Wildman–Crippen MR) is 68.6 cm³/mol. The number of hydrogen-bond donors (Lipinski definition) is 1. The van der Waals surface area contributed by atoms with Crippen LogP contribution in [0, 0.1) is 0 Å². The van der Waals surface area contributed by atoms with E-state index in [0.29, 0.717) is 17.3 Å². The highest BCUT2D eigenvalue weighted by Crippen LogP contribution is 2.13. The normalized spacial score (nSPS) is 10.5. The Morgan fingerprint density at radius 3 is 3.06 bits per heavy atom. The minimum atomic E-state index is -0.181. The van der Waals surface area contributed by atoms with Gasteiger partial charge in [0.05, 0.1) is 11.8 Å². The van der Waals surface area contributed by atoms with E-state index in [9.17, 15) is 4.79 Å². The Labute approximate surface area is 108 Å². The number of nitrogens with one attached hydrogen (secondary N) is 1. The lowest BCUT2D eigenvalue weighted by molar-refractivity contribution is 0.0954. The Morgan fingerprint density at radius 1 is 1.65 bits per heavy atom. The molecular formula is C11H12ClN3OS. The molecule has 4 nitrogen and oxygen atoms in total. The van der Waals surface area contributed by atoms with Gasteiger partial charge in [-0.05, 0) is 17.9 Å². The molecule has 2 aromatic rings. The summed E-state index contributed by atoms with van der Waals surface area (Å²) in [4.78, 5) is 13.0. The van der Waals surface area contributed by atoms with E-state index >= 15 is 0 Å². The van der Waals surface area contributed by atoms with Crippen LogP contribution >= 0.6 is 22.9 Å². The van der Waals surface area contributed by atoms with Crippen molar-refractivity contribution in [2.75, 3.05) is 6.54 Å². The van der Waals surface area contributed by atoms with E-state index in [0.717, 1.165) is 6.42 Å². The van der Waals surface area contributed by atoms with E-state index in [1.54, 1.807) is 18.4 Å². The molecule has 6 heteroatoms. The number of thiophene rings is 1. The van der Waals surface area contributed by atoms with Crippen LogP contribution < -0.4 is 5.32 Å². The van der Waals surface area contributed by atoms with E-state index in [1.165, 1.54) is 15.8 Å². The average molecular weight is 270 g/mol. The van der Waals surface area contributed by atoms with Crippen LogP contribution in [-0.4, -0.2) is 22.2 Å². The fourth-order valence-electron chi connectivity index (χ4n) is 1.42. The maximum absolute atomic E-state index is 11.8. The van der Waals surface area contributed by atoms with Gasteiger partial charge in [-0.3, -0.25) is 9.48 Å². The molecule has 0 atom stereocenters. The average Bonchev–Trinajstić information content (AvgIpc) is 2.91. The summed E-state index contributed by atoms with van der Waals surface area (Å²) in [7, 11) is 1.70. The van der Waals surface area contributed by atoms with E-state index in [4.69, 9.17) is 11.6 Å². The van der Waals surface area contributed by atoms with Crippen molar-refractivity contribution >= 4 is 28.8 Å². The topological polar surface area (TPSA) is 46.9 Å². The van der Waals surface area contributed by atoms with Gasteiger partial charge in [0.15, 0.2) is 0 Å². The summed E-state index contributed by atoms with van der Waals surface area (Å²) in [6.07, 6.45) is 2.31. The van der Waals surface area contributed by atoms with Crippen LogP contribution in [0.2, 0.25) is 5.15 Å². The lowest BCUT2D eigenvalue weighted by Gasteiger charge is -2.02. The predicted octanol–water partition coefficient (Wildman–Crippen LogP) is 2.11. The van der Waals surface area contributed by atoms with Gasteiger partial charge in [-0.1, -0.05) is 17.7 Å². The molecule has 0 aliphatic carbocycles. The molecule has 90 valence electrons. The Balaban J connectivity index is 1.87. The second-order valence-electron chi connectivity index (χ2n) is 3.56. The first-order valence-electron chi connectivity index (χ1n) is 5.16. The van der Waals surface area contributed by atoms with Crippen molar-refractivity contribution < 1.29 is 4.79 Å². The Bertz CT molecular complexity index is 507. The quantitative estimate of drug-likeness (QED) is 0.924. The van der Waals surface area contributed by atoms with Crippen LogP contribution in [0.1, 0.15) is 15.2 Å². The molecule has 0 bridgehead atoms. The zero-order valence-electron chi connectivity index (χ0n) is 9.31. The molecule has 17 heavy (non-hydrogen) atoms. The summed E-state index contributed by atoms with van der Waals surface area (Å²) in [5.41, 5.74) is 0.417. The van der Waals surface area contributed by atoms with Crippen LogP contribution in [0.4, 0.5) is 0 Å². The zero-order chi connectivity index (χ0) is 12.3. The molecule has 0 aliphatic rings. The van der Waals surface area contributed by atoms with Crippen LogP contribution in [0.5, 0.6) is 0 Å².